The minimum atomic E-state index is 0.294. The maximum absolute atomic E-state index is 6.38. The predicted octanol–water partition coefficient (Wildman–Crippen LogP) is 5.70. The average Bonchev–Trinajstić information content (AvgIpc) is 2.80. The zero-order chi connectivity index (χ0) is 24.9. The Labute approximate surface area is 221 Å². The number of hydrogen-bond donors (Lipinski definition) is 2. The number of nitrogens with one attached hydrogen (secondary N) is 2. The summed E-state index contributed by atoms with van der Waals surface area (Å²) in [5.74, 6) is 1.07. The van der Waals surface area contributed by atoms with Gasteiger partial charge in [0, 0.05) is 48.3 Å². The van der Waals surface area contributed by atoms with Crippen molar-refractivity contribution >= 4 is 63.8 Å². The smallest absolute Gasteiger partial charge is 0.229 e. The number of halogens is 2. The summed E-state index contributed by atoms with van der Waals surface area (Å²) in [5, 5.41) is 8.04. The first kappa shape index (κ1) is 25.2. The third-order valence-electron chi connectivity index (χ3n) is 5.55. The van der Waals surface area contributed by atoms with Crippen molar-refractivity contribution in [1.29, 1.82) is 0 Å². The monoisotopic (exact) mass is 527 g/mol. The highest BCUT2D eigenvalue weighted by Gasteiger charge is 2.22. The first-order valence-electron chi connectivity index (χ1n) is 11.3. The van der Waals surface area contributed by atoms with Crippen LogP contribution in [0.25, 0.3) is 0 Å². The van der Waals surface area contributed by atoms with E-state index in [0.29, 0.717) is 27.7 Å². The van der Waals surface area contributed by atoms with E-state index in [1.54, 1.807) is 0 Å². The maximum Gasteiger partial charge on any atom is 0.229 e. The number of benzene rings is 2. The van der Waals surface area contributed by atoms with Crippen molar-refractivity contribution in [1.82, 2.24) is 14.9 Å². The Kier molecular flexibility index (Phi) is 8.05. The van der Waals surface area contributed by atoms with Crippen LogP contribution in [0.1, 0.15) is 17.0 Å². The number of thiocarbonyl (C=S) groups is 1. The van der Waals surface area contributed by atoms with Crippen LogP contribution in [0.15, 0.2) is 53.5 Å². The number of aromatic nitrogens is 2. The number of hydrogen-bond acceptors (Lipinski definition) is 4. The fourth-order valence-corrected chi connectivity index (χ4v) is 4.45. The number of nitrogens with zero attached hydrogens (tertiary/aromatic N) is 5. The highest BCUT2D eigenvalue weighted by Crippen LogP contribution is 2.23. The molecule has 182 valence electrons. The third kappa shape index (κ3) is 6.81. The van der Waals surface area contributed by atoms with Gasteiger partial charge in [0.1, 0.15) is 0 Å². The lowest BCUT2D eigenvalue weighted by Crippen LogP contribution is -2.51. The van der Waals surface area contributed by atoms with Gasteiger partial charge in [0.05, 0.1) is 10.7 Å². The SMILES string of the molecule is Cc1ccc(NC(=S)/N=C(/Nc2nc(C)cc(C)n2)N2CCN(c3ccc(Cl)cc3)CC2)c(Cl)c1. The lowest BCUT2D eigenvalue weighted by molar-refractivity contribution is 0.385. The van der Waals surface area contributed by atoms with E-state index in [2.05, 4.69) is 30.4 Å². The topological polar surface area (TPSA) is 68.7 Å². The van der Waals surface area contributed by atoms with Gasteiger partial charge in [0.25, 0.3) is 0 Å². The van der Waals surface area contributed by atoms with Gasteiger partial charge in [-0.2, -0.15) is 4.99 Å². The molecule has 2 N–H and O–H groups in total. The Morgan fingerprint density at radius 1 is 0.886 bits per heavy atom. The van der Waals surface area contributed by atoms with Gasteiger partial charge in [-0.25, -0.2) is 9.97 Å². The largest absolute Gasteiger partial charge is 0.368 e. The quantitative estimate of drug-likeness (QED) is 0.257. The van der Waals surface area contributed by atoms with Gasteiger partial charge in [-0.15, -0.1) is 0 Å². The minimum absolute atomic E-state index is 0.294. The van der Waals surface area contributed by atoms with Crippen molar-refractivity contribution < 1.29 is 0 Å². The molecule has 0 aliphatic carbocycles. The van der Waals surface area contributed by atoms with Crippen LogP contribution < -0.4 is 15.5 Å². The Balaban J connectivity index is 1.54. The second-order valence-corrected chi connectivity index (χ2v) is 9.63. The summed E-state index contributed by atoms with van der Waals surface area (Å²) < 4.78 is 0. The molecule has 0 unspecified atom stereocenters. The van der Waals surface area contributed by atoms with E-state index in [1.807, 2.05) is 69.3 Å². The highest BCUT2D eigenvalue weighted by atomic mass is 35.5. The highest BCUT2D eigenvalue weighted by molar-refractivity contribution is 7.80. The van der Waals surface area contributed by atoms with Crippen molar-refractivity contribution in [3.05, 3.63) is 75.5 Å². The van der Waals surface area contributed by atoms with Gasteiger partial charge >= 0.3 is 0 Å². The number of guanidine groups is 1. The zero-order valence-electron chi connectivity index (χ0n) is 19.8. The van der Waals surface area contributed by atoms with Crippen molar-refractivity contribution in [2.75, 3.05) is 41.7 Å². The second-order valence-electron chi connectivity index (χ2n) is 8.40. The summed E-state index contributed by atoms with van der Waals surface area (Å²) in [6.45, 7) is 8.99. The number of piperazine rings is 1. The summed E-state index contributed by atoms with van der Waals surface area (Å²) in [5.41, 5.74) is 4.67. The molecule has 0 saturated carbocycles. The normalized spacial score (nSPS) is 14.1. The van der Waals surface area contributed by atoms with E-state index in [0.717, 1.165) is 53.8 Å². The van der Waals surface area contributed by atoms with Crippen molar-refractivity contribution in [2.45, 2.75) is 20.8 Å². The number of anilines is 3. The fraction of sp³-hybridized carbons (Fsp3) is 0.280. The minimum Gasteiger partial charge on any atom is -0.368 e. The Morgan fingerprint density at radius 3 is 2.17 bits per heavy atom. The molecule has 1 fully saturated rings. The molecule has 3 aromatic rings. The van der Waals surface area contributed by atoms with Crippen LogP contribution in [0, 0.1) is 20.8 Å². The number of aliphatic imine (C=N–C) groups is 1. The first-order valence-corrected chi connectivity index (χ1v) is 12.4. The molecule has 0 bridgehead atoms. The van der Waals surface area contributed by atoms with Crippen LogP contribution in [-0.4, -0.2) is 52.1 Å². The standard InChI is InChI=1S/C25H27Cl2N7S/c1-16-4-9-22(21(27)14-16)30-25(35)32-24(31-23-28-17(2)15-18(3)29-23)34-12-10-33(11-13-34)20-7-5-19(26)6-8-20/h4-9,14-15H,10-13H2,1-3H3,(H2,28,29,30,31,32,35). The molecule has 2 aromatic carbocycles. The molecule has 1 aliphatic heterocycles. The average molecular weight is 529 g/mol. The van der Waals surface area contributed by atoms with Gasteiger partial charge in [0.2, 0.25) is 17.0 Å². The summed E-state index contributed by atoms with van der Waals surface area (Å²) in [4.78, 5) is 18.2. The molecule has 0 spiro atoms. The van der Waals surface area contributed by atoms with Crippen molar-refractivity contribution in [3.8, 4) is 0 Å². The van der Waals surface area contributed by atoms with Crippen LogP contribution in [0.2, 0.25) is 10.0 Å². The van der Waals surface area contributed by atoms with Crippen LogP contribution in [0.5, 0.6) is 0 Å². The zero-order valence-corrected chi connectivity index (χ0v) is 22.2. The molecule has 10 heteroatoms. The molecular weight excluding hydrogens is 501 g/mol. The molecule has 0 atom stereocenters. The molecule has 4 rings (SSSR count). The summed E-state index contributed by atoms with van der Waals surface area (Å²) in [6, 6.07) is 15.6. The molecule has 2 heterocycles. The second kappa shape index (κ2) is 11.2. The van der Waals surface area contributed by atoms with Gasteiger partial charge in [-0.1, -0.05) is 29.3 Å². The van der Waals surface area contributed by atoms with E-state index >= 15 is 0 Å². The molecule has 1 aromatic heterocycles. The van der Waals surface area contributed by atoms with E-state index < -0.39 is 0 Å². The molecule has 7 nitrogen and oxygen atoms in total. The molecule has 35 heavy (non-hydrogen) atoms. The summed E-state index contributed by atoms with van der Waals surface area (Å²) >= 11 is 18.0. The van der Waals surface area contributed by atoms with Gasteiger partial charge in [0.15, 0.2) is 0 Å². The summed E-state index contributed by atoms with van der Waals surface area (Å²) in [7, 11) is 0. The molecule has 1 saturated heterocycles. The van der Waals surface area contributed by atoms with E-state index in [1.165, 1.54) is 0 Å². The third-order valence-corrected chi connectivity index (χ3v) is 6.31. The molecule has 0 amide bonds. The summed E-state index contributed by atoms with van der Waals surface area (Å²) in [6.07, 6.45) is 0. The molecular formula is C25H27Cl2N7S. The van der Waals surface area contributed by atoms with Gasteiger partial charge in [-0.05, 0) is 81.0 Å². The van der Waals surface area contributed by atoms with Crippen LogP contribution >= 0.6 is 35.4 Å². The van der Waals surface area contributed by atoms with Crippen LogP contribution in [0.3, 0.4) is 0 Å². The lowest BCUT2D eigenvalue weighted by Gasteiger charge is -2.37. The predicted molar refractivity (Wildman–Crippen MR) is 150 cm³/mol. The Hall–Kier alpha value is -2.94. The molecule has 0 radical (unpaired) electrons. The van der Waals surface area contributed by atoms with Crippen LogP contribution in [-0.2, 0) is 0 Å². The number of rotatable bonds is 3. The lowest BCUT2D eigenvalue weighted by atomic mass is 10.2. The Morgan fingerprint density at radius 2 is 1.54 bits per heavy atom. The Bertz CT molecular complexity index is 1220. The van der Waals surface area contributed by atoms with Crippen molar-refractivity contribution in [2.24, 2.45) is 4.99 Å². The van der Waals surface area contributed by atoms with Crippen LogP contribution in [0.4, 0.5) is 17.3 Å². The van der Waals surface area contributed by atoms with E-state index in [4.69, 9.17) is 40.4 Å². The van der Waals surface area contributed by atoms with Crippen molar-refractivity contribution in [3.63, 3.8) is 0 Å². The first-order chi connectivity index (χ1) is 16.8. The molecule has 1 aliphatic rings. The maximum atomic E-state index is 6.38. The number of aryl methyl sites for hydroxylation is 3. The van der Waals surface area contributed by atoms with E-state index in [-0.39, 0.29) is 0 Å². The van der Waals surface area contributed by atoms with Gasteiger partial charge in [-0.3, -0.25) is 5.32 Å². The van der Waals surface area contributed by atoms with E-state index in [9.17, 15) is 0 Å². The van der Waals surface area contributed by atoms with Gasteiger partial charge < -0.3 is 15.1 Å². The fourth-order valence-electron chi connectivity index (χ4n) is 3.85.